The summed E-state index contributed by atoms with van der Waals surface area (Å²) in [6.45, 7) is 2.28. The summed E-state index contributed by atoms with van der Waals surface area (Å²) in [5, 5.41) is 40.9. The maximum atomic E-state index is 11.5. The summed E-state index contributed by atoms with van der Waals surface area (Å²) in [6.07, 6.45) is 20.2. The molecule has 0 saturated carbocycles. The molecule has 0 spiro atoms. The van der Waals surface area contributed by atoms with E-state index in [0.29, 0.717) is 63.7 Å². The van der Waals surface area contributed by atoms with Gasteiger partial charge >= 0.3 is 110 Å². The maximum absolute atomic E-state index is 11.5. The van der Waals surface area contributed by atoms with Crippen LogP contribution >= 0.6 is 34.8 Å². The summed E-state index contributed by atoms with van der Waals surface area (Å²) in [4.78, 5) is 61.6. The number of carbonyl (C=O) groups excluding carboxylic acids is 3. The van der Waals surface area contributed by atoms with Gasteiger partial charge in [0, 0.05) is 53.7 Å². The molecule has 470 valence electrons. The Labute approximate surface area is 544 Å². The van der Waals surface area contributed by atoms with Crippen molar-refractivity contribution >= 4 is 98.3 Å². The Bertz CT molecular complexity index is 4460. The van der Waals surface area contributed by atoms with Crippen LogP contribution in [-0.4, -0.2) is 139 Å². The Morgan fingerprint density at radius 2 is 1.08 bits per heavy atom. The SMILES string of the molecule is Clc1nc(Cl)c2cccn2n1.NC(=O)c1cccc(-n2cnc(Nc3nc(Cl)nn4cccc34)c2)c1.NC(=O)c1cccc(-n2cnc(Nc3nc(N4CCC[C@H]4CO)nn4cccc34)c2)c1.N[I-]Cc1cn(-c2cccc(C(N)=O)c2)cn1.OC[C@@H]1CCCN1. The molecule has 0 unspecified atom stereocenters. The molecular weight excluding hydrogens is 1340 g/mol. The Morgan fingerprint density at radius 1 is 0.582 bits per heavy atom. The third-order valence-corrected chi connectivity index (χ3v) is 15.9. The number of alkyl halides is 1. The van der Waals surface area contributed by atoms with E-state index in [1.165, 1.54) is 6.42 Å². The summed E-state index contributed by atoms with van der Waals surface area (Å²) in [5.74, 6) is 1.51. The van der Waals surface area contributed by atoms with Crippen molar-refractivity contribution in [3.8, 4) is 17.1 Å². The van der Waals surface area contributed by atoms with Crippen LogP contribution in [0.2, 0.25) is 15.7 Å². The van der Waals surface area contributed by atoms with Gasteiger partial charge in [0.25, 0.3) is 0 Å². The number of amides is 3. The van der Waals surface area contributed by atoms with Crippen LogP contribution in [0.25, 0.3) is 33.6 Å². The second kappa shape index (κ2) is 30.3. The second-order valence-corrected chi connectivity index (χ2v) is 22.9. The minimum atomic E-state index is -0.480. The molecule has 13 N–H and O–H groups in total. The summed E-state index contributed by atoms with van der Waals surface area (Å²) in [7, 11) is 0. The Hall–Kier alpha value is -9.60. The van der Waals surface area contributed by atoms with E-state index in [4.69, 9.17) is 66.0 Å². The molecule has 2 aliphatic rings. The standard InChI is InChI=1S/C21H22N8O2.C16H12ClN7O.C11H12IN4O.C6H3Cl2N3.C5H11NO/c22-19(31)14-4-1-5-15(10-14)27-11-18(23-13-27)24-20-17-7-3-9-29(17)26-21(25-20)28-8-2-6-16(28)12-30;17-16-21-15(12-5-2-6-24(12)22-16)20-13-8-23(9-19-13)11-4-1-3-10(7-11)14(18)25;13-11(17)8-2-1-3-10(4-8)16-6-9(5-12-14)15-7-16;7-5-4-2-1-3-11(4)10-6(8)9-5;7-4-5-2-1-3-6-5/h1,3-5,7,9-11,13,16,30H,2,6,8,12H2,(H2,22,31)(H,24,25,26);1-9H,(H2,18,25)(H,20,21,22);1-4,6-7H,5,14H2,(H2,13,17);1-3H;5-7H,1-4H2/q;;-1;;/t16-;;;;5-/m0...0/s1. The van der Waals surface area contributed by atoms with Crippen molar-refractivity contribution in [1.82, 2.24) is 77.8 Å². The number of fused-ring (bicyclic) bond motifs is 3. The first-order chi connectivity index (χ1) is 44.1. The van der Waals surface area contributed by atoms with E-state index < -0.39 is 17.7 Å². The van der Waals surface area contributed by atoms with Gasteiger partial charge in [0.15, 0.2) is 16.8 Å². The minimum Gasteiger partial charge on any atom is -0.395 e. The maximum Gasteiger partial charge on any atom is 0.0584 e. The largest absolute Gasteiger partial charge is 0.395 e. The zero-order chi connectivity index (χ0) is 64.0. The van der Waals surface area contributed by atoms with Crippen molar-refractivity contribution < 1.29 is 46.1 Å². The van der Waals surface area contributed by atoms with Crippen molar-refractivity contribution in [2.45, 2.75) is 42.2 Å². The van der Waals surface area contributed by atoms with Gasteiger partial charge in [-0.1, -0.05) is 23.7 Å². The zero-order valence-corrected chi connectivity index (χ0v) is 52.6. The molecule has 2 aliphatic heterocycles. The number of aromatic nitrogens is 15. The monoisotopic (exact) mass is 1400 g/mol. The number of aliphatic hydroxyl groups is 2. The van der Waals surface area contributed by atoms with E-state index in [1.807, 2.05) is 82.7 Å². The molecule has 2 saturated heterocycles. The van der Waals surface area contributed by atoms with Gasteiger partial charge in [-0.15, -0.1) is 15.3 Å². The molecule has 0 radical (unpaired) electrons. The summed E-state index contributed by atoms with van der Waals surface area (Å²) < 4.78 is 16.8. The fraction of sp³-hybridized carbons (Fsp3) is 0.186. The van der Waals surface area contributed by atoms with Crippen LogP contribution in [0.1, 0.15) is 62.5 Å². The zero-order valence-electron chi connectivity index (χ0n) is 48.2. The van der Waals surface area contributed by atoms with Crippen molar-refractivity contribution in [2.24, 2.45) is 21.1 Å². The number of benzene rings is 3. The molecule has 12 aromatic rings. The first-order valence-electron chi connectivity index (χ1n) is 28.0. The molecule has 2 atom stereocenters. The molecule has 9 aromatic heterocycles. The van der Waals surface area contributed by atoms with E-state index in [-0.39, 0.29) is 44.7 Å². The second-order valence-electron chi connectivity index (χ2n) is 20.2. The van der Waals surface area contributed by atoms with E-state index >= 15 is 0 Å². The number of nitrogens with two attached hydrogens (primary N) is 4. The van der Waals surface area contributed by atoms with Crippen LogP contribution in [0.4, 0.5) is 29.2 Å². The average molecular weight is 1400 g/mol. The number of imidazole rings is 3. The van der Waals surface area contributed by atoms with Crippen molar-refractivity contribution in [2.75, 3.05) is 41.8 Å². The molecule has 28 nitrogen and oxygen atoms in total. The summed E-state index contributed by atoms with van der Waals surface area (Å²) in [6, 6.07) is 32.7. The fourth-order valence-electron chi connectivity index (χ4n) is 9.62. The first-order valence-corrected chi connectivity index (χ1v) is 31.9. The van der Waals surface area contributed by atoms with E-state index in [2.05, 4.69) is 56.2 Å². The van der Waals surface area contributed by atoms with Gasteiger partial charge in [0.1, 0.15) is 40.8 Å². The number of hydrogen-bond donors (Lipinski definition) is 9. The van der Waals surface area contributed by atoms with Crippen molar-refractivity contribution in [3.63, 3.8) is 0 Å². The van der Waals surface area contributed by atoms with Crippen LogP contribution < -0.4 is 63.5 Å². The van der Waals surface area contributed by atoms with Gasteiger partial charge in [-0.25, -0.2) is 28.5 Å². The number of nitrogens with one attached hydrogen (secondary N) is 3. The molecule has 0 aliphatic carbocycles. The Morgan fingerprint density at radius 3 is 1.57 bits per heavy atom. The predicted octanol–water partition coefficient (Wildman–Crippen LogP) is 3.33. The molecule has 0 bridgehead atoms. The number of aliphatic hydroxyl groups excluding tert-OH is 2. The van der Waals surface area contributed by atoms with Crippen LogP contribution in [0.15, 0.2) is 165 Å². The molecular formula is C59H60Cl3IN23O5-. The van der Waals surface area contributed by atoms with Gasteiger partial charge < -0.3 is 51.7 Å². The number of hydrogen-bond acceptors (Lipinski definition) is 19. The van der Waals surface area contributed by atoms with Crippen molar-refractivity contribution in [1.29, 1.82) is 0 Å². The van der Waals surface area contributed by atoms with Crippen molar-refractivity contribution in [3.05, 3.63) is 203 Å². The quantitative estimate of drug-likeness (QED) is 0.0404. The molecule has 11 heterocycles. The molecule has 3 aromatic carbocycles. The van der Waals surface area contributed by atoms with Gasteiger partial charge in [0.2, 0.25) is 28.3 Å². The van der Waals surface area contributed by atoms with Crippen LogP contribution in [0.5, 0.6) is 0 Å². The smallest absolute Gasteiger partial charge is 0.0584 e. The van der Waals surface area contributed by atoms with E-state index in [0.717, 1.165) is 76.1 Å². The first kappa shape index (κ1) is 64.4. The number of primary amides is 3. The molecule has 2 fully saturated rings. The molecule has 14 rings (SSSR count). The van der Waals surface area contributed by atoms with Crippen LogP contribution in [0.3, 0.4) is 0 Å². The molecule has 3 amide bonds. The Kier molecular flexibility index (Phi) is 21.4. The van der Waals surface area contributed by atoms with Crippen LogP contribution in [0, 0.1) is 0 Å². The van der Waals surface area contributed by atoms with E-state index in [9.17, 15) is 19.5 Å². The number of halogens is 4. The molecule has 32 heteroatoms. The van der Waals surface area contributed by atoms with Gasteiger partial charge in [-0.05, 0) is 128 Å². The van der Waals surface area contributed by atoms with Gasteiger partial charge in [0.05, 0.1) is 31.6 Å². The van der Waals surface area contributed by atoms with Crippen LogP contribution in [-0.2, 0) is 4.43 Å². The number of rotatable bonds is 15. The van der Waals surface area contributed by atoms with E-state index in [1.54, 1.807) is 115 Å². The topological polar surface area (TPSA) is 379 Å². The summed E-state index contributed by atoms with van der Waals surface area (Å²) in [5.41, 5.74) is 23.0. The third-order valence-electron chi connectivity index (χ3n) is 14.1. The summed E-state index contributed by atoms with van der Waals surface area (Å²) >= 11 is 16.9. The molecule has 91 heavy (non-hydrogen) atoms. The minimum absolute atomic E-state index is 0.0256. The average Bonchev–Trinajstić information content (AvgIpc) is 1.86. The fourth-order valence-corrected chi connectivity index (χ4v) is 11.1. The number of carbonyl (C=O) groups is 3. The number of nitrogens with zero attached hydrogens (tertiary/aromatic N) is 16. The number of anilines is 5. The normalized spacial score (nSPS) is 14.2. The predicted molar refractivity (Wildman–Crippen MR) is 340 cm³/mol. The Balaban J connectivity index is 0.000000135. The van der Waals surface area contributed by atoms with Gasteiger partial charge in [-0.2, -0.15) is 9.97 Å². The third kappa shape index (κ3) is 16.4. The van der Waals surface area contributed by atoms with Gasteiger partial charge in [-0.3, -0.25) is 9.59 Å².